The van der Waals surface area contributed by atoms with Crippen molar-refractivity contribution < 1.29 is 48.3 Å². The molecule has 19 heteroatoms. The van der Waals surface area contributed by atoms with E-state index in [9.17, 15) is 48.3 Å². The molecule has 0 aliphatic carbocycles. The molecule has 10 N–H and O–H groups in total. The summed E-state index contributed by atoms with van der Waals surface area (Å²) in [4.78, 5) is 117. The van der Waals surface area contributed by atoms with Crippen LogP contribution in [0.1, 0.15) is 80.2 Å². The number of hydrogen-bond donors (Lipinski definition) is 9. The number of aliphatic carboxylic acids is 1. The van der Waals surface area contributed by atoms with Gasteiger partial charge in [0.25, 0.3) is 0 Å². The van der Waals surface area contributed by atoms with Crippen molar-refractivity contribution in [2.75, 3.05) is 13.1 Å². The van der Waals surface area contributed by atoms with Gasteiger partial charge in [0.2, 0.25) is 47.3 Å². The van der Waals surface area contributed by atoms with Crippen molar-refractivity contribution >= 4 is 53.2 Å². The Morgan fingerprint density at radius 2 is 1.28 bits per heavy atom. The molecule has 0 bridgehead atoms. The van der Waals surface area contributed by atoms with Gasteiger partial charge in [0.1, 0.15) is 42.3 Å². The predicted molar refractivity (Wildman–Crippen MR) is 212 cm³/mol. The maximum Gasteiger partial charge on any atom is 0.326 e. The zero-order valence-corrected chi connectivity index (χ0v) is 34.5. The molecule has 1 aliphatic heterocycles. The second-order valence-corrected chi connectivity index (χ2v) is 15.5. The minimum Gasteiger partial charge on any atom is -0.480 e. The van der Waals surface area contributed by atoms with Crippen molar-refractivity contribution in [2.24, 2.45) is 17.6 Å². The molecule has 0 radical (unpaired) electrons. The highest BCUT2D eigenvalue weighted by Gasteiger charge is 2.38. The maximum absolute atomic E-state index is 13.5. The molecule has 8 amide bonds. The number of nitrogens with zero attached hydrogens (tertiary/aromatic N) is 1. The second-order valence-electron chi connectivity index (χ2n) is 15.5. The van der Waals surface area contributed by atoms with Gasteiger partial charge in [0.05, 0.1) is 12.6 Å². The number of nitrogens with two attached hydrogens (primary N) is 1. The normalized spacial score (nSPS) is 17.4. The Morgan fingerprint density at radius 3 is 1.83 bits per heavy atom. The highest BCUT2D eigenvalue weighted by Crippen LogP contribution is 2.19. The minimum absolute atomic E-state index is 0.00298. The van der Waals surface area contributed by atoms with Gasteiger partial charge >= 0.3 is 5.97 Å². The first-order valence-corrected chi connectivity index (χ1v) is 19.5. The van der Waals surface area contributed by atoms with Crippen molar-refractivity contribution in [3.63, 3.8) is 0 Å². The van der Waals surface area contributed by atoms with Crippen molar-refractivity contribution in [1.82, 2.24) is 42.1 Å². The van der Waals surface area contributed by atoms with Gasteiger partial charge in [-0.15, -0.1) is 0 Å². The highest BCUT2D eigenvalue weighted by atomic mass is 16.4. The van der Waals surface area contributed by atoms with Gasteiger partial charge < -0.3 is 53.0 Å². The van der Waals surface area contributed by atoms with Crippen LogP contribution in [0, 0.1) is 11.8 Å². The average molecular weight is 816 g/mol. The third kappa shape index (κ3) is 15.4. The summed E-state index contributed by atoms with van der Waals surface area (Å²) in [5.74, 6) is -6.83. The number of amides is 8. The van der Waals surface area contributed by atoms with Crippen LogP contribution in [0.15, 0.2) is 30.3 Å². The SMILES string of the molecule is CC(C)C[C@H](NC(=O)[C@H](C)NC(=O)[C@@H]1CCCN1C(=O)[C@H](C)NC(=O)[C@@H](NC(=O)CNC(=O)[C@H](Cc1ccccc1)NC(=O)[C@H](C)NC(=O)[C@H](C)N)C(C)C)C(=O)O. The topological polar surface area (TPSA) is 287 Å². The van der Waals surface area contributed by atoms with E-state index in [1.54, 1.807) is 44.2 Å². The lowest BCUT2D eigenvalue weighted by Crippen LogP contribution is -2.58. The fraction of sp³-hybridized carbons (Fsp3) is 0.615. The van der Waals surface area contributed by atoms with Crippen LogP contribution in [0.4, 0.5) is 0 Å². The van der Waals surface area contributed by atoms with E-state index in [2.05, 4.69) is 37.2 Å². The molecule has 58 heavy (non-hydrogen) atoms. The summed E-state index contributed by atoms with van der Waals surface area (Å²) in [5.41, 5.74) is 6.29. The van der Waals surface area contributed by atoms with Crippen LogP contribution in [0.2, 0.25) is 0 Å². The first-order valence-electron chi connectivity index (χ1n) is 19.5. The molecular formula is C39H61N9O10. The molecular weight excluding hydrogens is 754 g/mol. The fourth-order valence-corrected chi connectivity index (χ4v) is 6.10. The summed E-state index contributed by atoms with van der Waals surface area (Å²) in [6, 6.07) is 0.405. The Morgan fingerprint density at radius 1 is 0.707 bits per heavy atom. The summed E-state index contributed by atoms with van der Waals surface area (Å²) in [7, 11) is 0. The van der Waals surface area contributed by atoms with Gasteiger partial charge in [-0.05, 0) is 64.4 Å². The van der Waals surface area contributed by atoms with Crippen LogP contribution in [-0.4, -0.2) is 125 Å². The molecule has 0 spiro atoms. The van der Waals surface area contributed by atoms with Crippen LogP contribution in [0.25, 0.3) is 0 Å². The number of carboxylic acids is 1. The highest BCUT2D eigenvalue weighted by molar-refractivity contribution is 5.97. The fourth-order valence-electron chi connectivity index (χ4n) is 6.10. The van der Waals surface area contributed by atoms with Crippen LogP contribution in [-0.2, 0) is 49.6 Å². The standard InChI is InChI=1S/C39H61N9O10/c1-20(2)17-28(39(57)58)46-34(52)24(7)43-36(54)29-15-12-16-48(29)38(56)25(8)44-37(55)31(21(3)4)47-30(49)19-41-35(53)27(18-26-13-10-9-11-14-26)45-33(51)23(6)42-32(50)22(5)40/h9-11,13-14,20-25,27-29,31H,12,15-19,40H2,1-8H3,(H,41,53)(H,42,50)(H,43,54)(H,44,55)(H,45,51)(H,46,52)(H,47,49)(H,57,58)/t22-,23-,24-,25-,27-,28-,29-,31-/m0/s1. The van der Waals surface area contributed by atoms with E-state index in [4.69, 9.17) is 5.73 Å². The van der Waals surface area contributed by atoms with Crippen molar-refractivity contribution in [2.45, 2.75) is 129 Å². The number of carbonyl (C=O) groups excluding carboxylic acids is 8. The van der Waals surface area contributed by atoms with Gasteiger partial charge in [-0.1, -0.05) is 58.0 Å². The lowest BCUT2D eigenvalue weighted by Gasteiger charge is -2.29. The summed E-state index contributed by atoms with van der Waals surface area (Å²) in [6.07, 6.45) is 1.05. The molecule has 0 aromatic heterocycles. The Kier molecular flexibility index (Phi) is 19.2. The summed E-state index contributed by atoms with van der Waals surface area (Å²) >= 11 is 0. The first kappa shape index (κ1) is 48.6. The van der Waals surface area contributed by atoms with Crippen LogP contribution >= 0.6 is 0 Å². The number of carbonyl (C=O) groups is 9. The van der Waals surface area contributed by atoms with Crippen molar-refractivity contribution in [3.05, 3.63) is 35.9 Å². The molecule has 8 atom stereocenters. The van der Waals surface area contributed by atoms with E-state index in [-0.39, 0.29) is 25.3 Å². The quantitative estimate of drug-likeness (QED) is 0.0684. The molecule has 1 heterocycles. The largest absolute Gasteiger partial charge is 0.480 e. The van der Waals surface area contributed by atoms with E-state index in [1.165, 1.54) is 32.6 Å². The summed E-state index contributed by atoms with van der Waals surface area (Å²) in [6.45, 7) is 12.4. The number of nitrogens with one attached hydrogen (secondary N) is 7. The second kappa shape index (κ2) is 23.0. The molecule has 19 nitrogen and oxygen atoms in total. The average Bonchev–Trinajstić information content (AvgIpc) is 3.65. The van der Waals surface area contributed by atoms with Crippen LogP contribution in [0.5, 0.6) is 0 Å². The lowest BCUT2D eigenvalue weighted by molar-refractivity contribution is -0.143. The third-order valence-electron chi connectivity index (χ3n) is 9.41. The molecule has 1 fully saturated rings. The van der Waals surface area contributed by atoms with Gasteiger partial charge in [0, 0.05) is 13.0 Å². The zero-order valence-electron chi connectivity index (χ0n) is 34.5. The summed E-state index contributed by atoms with van der Waals surface area (Å²) in [5, 5.41) is 27.2. The molecule has 2 rings (SSSR count). The monoisotopic (exact) mass is 815 g/mol. The van der Waals surface area contributed by atoms with E-state index < -0.39 is 114 Å². The molecule has 1 saturated heterocycles. The predicted octanol–water partition coefficient (Wildman–Crippen LogP) is -1.56. The Balaban J connectivity index is 2.02. The van der Waals surface area contributed by atoms with Crippen LogP contribution in [0.3, 0.4) is 0 Å². The van der Waals surface area contributed by atoms with Gasteiger partial charge in [0.15, 0.2) is 0 Å². The number of hydrogen-bond acceptors (Lipinski definition) is 10. The smallest absolute Gasteiger partial charge is 0.326 e. The zero-order chi connectivity index (χ0) is 43.9. The Labute approximate surface area is 339 Å². The molecule has 1 aromatic carbocycles. The Bertz CT molecular complexity index is 1640. The van der Waals surface area contributed by atoms with E-state index in [1.807, 2.05) is 13.8 Å². The summed E-state index contributed by atoms with van der Waals surface area (Å²) < 4.78 is 0. The molecule has 0 saturated carbocycles. The first-order chi connectivity index (χ1) is 27.1. The van der Waals surface area contributed by atoms with Crippen molar-refractivity contribution in [3.8, 4) is 0 Å². The van der Waals surface area contributed by atoms with E-state index in [0.717, 1.165) is 0 Å². The van der Waals surface area contributed by atoms with Crippen molar-refractivity contribution in [1.29, 1.82) is 0 Å². The number of rotatable bonds is 21. The lowest BCUT2D eigenvalue weighted by atomic mass is 10.0. The van der Waals surface area contributed by atoms with E-state index in [0.29, 0.717) is 18.4 Å². The van der Waals surface area contributed by atoms with E-state index >= 15 is 0 Å². The molecule has 0 unspecified atom stereocenters. The third-order valence-corrected chi connectivity index (χ3v) is 9.41. The van der Waals surface area contributed by atoms with Crippen LogP contribution < -0.4 is 43.0 Å². The molecule has 322 valence electrons. The van der Waals surface area contributed by atoms with Gasteiger partial charge in [-0.2, -0.15) is 0 Å². The maximum atomic E-state index is 13.5. The molecule has 1 aromatic rings. The number of benzene rings is 1. The Hall–Kier alpha value is -5.59. The van der Waals surface area contributed by atoms with Gasteiger partial charge in [-0.3, -0.25) is 38.4 Å². The molecule has 1 aliphatic rings. The minimum atomic E-state index is -1.20. The van der Waals surface area contributed by atoms with Gasteiger partial charge in [-0.25, -0.2) is 4.79 Å². The number of carboxylic acid groups (broad SMARTS) is 1. The number of likely N-dealkylation sites (tertiary alicyclic amines) is 1.